The van der Waals surface area contributed by atoms with Crippen molar-refractivity contribution >= 4 is 10.2 Å². The fourth-order valence-corrected chi connectivity index (χ4v) is 4.19. The molecule has 0 aliphatic carbocycles. The van der Waals surface area contributed by atoms with E-state index in [9.17, 15) is 8.42 Å². The Bertz CT molecular complexity index is 371. The van der Waals surface area contributed by atoms with Crippen molar-refractivity contribution in [3.63, 3.8) is 0 Å². The molecular weight excluding hydrogens is 274 g/mol. The van der Waals surface area contributed by atoms with Crippen LogP contribution < -0.4 is 10.0 Å². The van der Waals surface area contributed by atoms with Crippen LogP contribution in [-0.2, 0) is 10.2 Å². The van der Waals surface area contributed by atoms with Crippen LogP contribution in [0.25, 0.3) is 0 Å². The van der Waals surface area contributed by atoms with Gasteiger partial charge in [0.2, 0.25) is 0 Å². The molecular formula is C14H31N3O2S. The van der Waals surface area contributed by atoms with Crippen molar-refractivity contribution in [2.75, 3.05) is 19.6 Å². The van der Waals surface area contributed by atoms with Crippen LogP contribution in [0, 0.1) is 5.92 Å². The average molecular weight is 305 g/mol. The van der Waals surface area contributed by atoms with E-state index < -0.39 is 10.2 Å². The third kappa shape index (κ3) is 6.08. The van der Waals surface area contributed by atoms with Crippen molar-refractivity contribution in [3.8, 4) is 0 Å². The summed E-state index contributed by atoms with van der Waals surface area (Å²) in [5.41, 5.74) is 0. The molecule has 0 radical (unpaired) electrons. The monoisotopic (exact) mass is 305 g/mol. The molecule has 6 heteroatoms. The minimum absolute atomic E-state index is 0.0131. The zero-order valence-electron chi connectivity index (χ0n) is 13.4. The number of rotatable bonds is 8. The Labute approximate surface area is 124 Å². The van der Waals surface area contributed by atoms with Crippen LogP contribution in [0.4, 0.5) is 0 Å². The number of nitrogens with zero attached hydrogens (tertiary/aromatic N) is 1. The molecule has 120 valence electrons. The Morgan fingerprint density at radius 1 is 1.30 bits per heavy atom. The maximum Gasteiger partial charge on any atom is 0.279 e. The lowest BCUT2D eigenvalue weighted by Gasteiger charge is -2.33. The average Bonchev–Trinajstić information content (AvgIpc) is 2.36. The van der Waals surface area contributed by atoms with Gasteiger partial charge in [-0.1, -0.05) is 27.2 Å². The highest BCUT2D eigenvalue weighted by Gasteiger charge is 2.29. The van der Waals surface area contributed by atoms with Crippen molar-refractivity contribution in [3.05, 3.63) is 0 Å². The first-order valence-corrected chi connectivity index (χ1v) is 9.30. The van der Waals surface area contributed by atoms with Crippen molar-refractivity contribution in [1.82, 2.24) is 14.3 Å². The number of hydrogen-bond donors (Lipinski definition) is 2. The summed E-state index contributed by atoms with van der Waals surface area (Å²) in [6.07, 6.45) is 3.93. The predicted molar refractivity (Wildman–Crippen MR) is 83.9 cm³/mol. The molecule has 1 aliphatic heterocycles. The summed E-state index contributed by atoms with van der Waals surface area (Å²) in [4.78, 5) is 0. The molecule has 1 saturated heterocycles. The number of hydrogen-bond acceptors (Lipinski definition) is 3. The van der Waals surface area contributed by atoms with Crippen molar-refractivity contribution in [1.29, 1.82) is 0 Å². The summed E-state index contributed by atoms with van der Waals surface area (Å²) in [7, 11) is -3.32. The van der Waals surface area contributed by atoms with Crippen molar-refractivity contribution in [2.24, 2.45) is 5.92 Å². The van der Waals surface area contributed by atoms with Crippen LogP contribution in [0.5, 0.6) is 0 Å². The van der Waals surface area contributed by atoms with Crippen LogP contribution in [0.1, 0.15) is 53.4 Å². The quantitative estimate of drug-likeness (QED) is 0.718. The summed E-state index contributed by atoms with van der Waals surface area (Å²) in [5, 5.41) is 3.41. The Morgan fingerprint density at radius 2 is 2.00 bits per heavy atom. The molecule has 0 spiro atoms. The normalized spacial score (nSPS) is 23.1. The van der Waals surface area contributed by atoms with Gasteiger partial charge in [0.1, 0.15) is 0 Å². The van der Waals surface area contributed by atoms with E-state index >= 15 is 0 Å². The largest absolute Gasteiger partial charge is 0.314 e. The lowest BCUT2D eigenvalue weighted by Crippen LogP contribution is -2.49. The highest BCUT2D eigenvalue weighted by molar-refractivity contribution is 7.87. The smallest absolute Gasteiger partial charge is 0.279 e. The second-order valence-electron chi connectivity index (χ2n) is 6.24. The first-order chi connectivity index (χ1) is 9.35. The highest BCUT2D eigenvalue weighted by Crippen LogP contribution is 2.18. The summed E-state index contributed by atoms with van der Waals surface area (Å²) < 4.78 is 29.1. The molecule has 5 nitrogen and oxygen atoms in total. The van der Waals surface area contributed by atoms with Gasteiger partial charge in [-0.3, -0.25) is 0 Å². The van der Waals surface area contributed by atoms with E-state index in [1.807, 2.05) is 6.92 Å². The fourth-order valence-electron chi connectivity index (χ4n) is 2.63. The van der Waals surface area contributed by atoms with Crippen molar-refractivity contribution < 1.29 is 8.42 Å². The van der Waals surface area contributed by atoms with Gasteiger partial charge in [0.25, 0.3) is 10.2 Å². The van der Waals surface area contributed by atoms with E-state index in [1.165, 1.54) is 0 Å². The first-order valence-electron chi connectivity index (χ1n) is 7.86. The fraction of sp³-hybridized carbons (Fsp3) is 1.00. The van der Waals surface area contributed by atoms with Gasteiger partial charge in [0.15, 0.2) is 0 Å². The lowest BCUT2D eigenvalue weighted by molar-refractivity contribution is 0.253. The third-order valence-electron chi connectivity index (χ3n) is 3.71. The van der Waals surface area contributed by atoms with Crippen LogP contribution in [0.3, 0.4) is 0 Å². The van der Waals surface area contributed by atoms with Gasteiger partial charge in [-0.25, -0.2) is 0 Å². The molecule has 2 unspecified atom stereocenters. The summed E-state index contributed by atoms with van der Waals surface area (Å²) in [6.45, 7) is 10.4. The topological polar surface area (TPSA) is 61.4 Å². The van der Waals surface area contributed by atoms with Gasteiger partial charge in [0.05, 0.1) is 0 Å². The van der Waals surface area contributed by atoms with Crippen LogP contribution in [0.2, 0.25) is 0 Å². The van der Waals surface area contributed by atoms with Gasteiger partial charge < -0.3 is 5.32 Å². The van der Waals surface area contributed by atoms with E-state index in [4.69, 9.17) is 0 Å². The molecule has 0 saturated carbocycles. The van der Waals surface area contributed by atoms with Gasteiger partial charge in [0, 0.05) is 25.2 Å². The van der Waals surface area contributed by atoms with Crippen LogP contribution >= 0.6 is 0 Å². The van der Waals surface area contributed by atoms with Crippen molar-refractivity contribution in [2.45, 2.75) is 65.5 Å². The zero-order valence-corrected chi connectivity index (χ0v) is 14.2. The molecule has 2 N–H and O–H groups in total. The second kappa shape index (κ2) is 8.32. The molecule has 1 heterocycles. The third-order valence-corrected chi connectivity index (χ3v) is 5.42. The maximum absolute atomic E-state index is 12.3. The minimum Gasteiger partial charge on any atom is -0.314 e. The zero-order chi connectivity index (χ0) is 15.2. The Balaban J connectivity index is 2.52. The van der Waals surface area contributed by atoms with Gasteiger partial charge in [-0.15, -0.1) is 0 Å². The SMILES string of the molecule is CCCC(C)NS(=O)(=O)N1CCCC(CNC(C)C)C1. The van der Waals surface area contributed by atoms with E-state index in [-0.39, 0.29) is 6.04 Å². The molecule has 1 aliphatic rings. The molecule has 0 aromatic heterocycles. The van der Waals surface area contributed by atoms with E-state index in [1.54, 1.807) is 4.31 Å². The Hall–Kier alpha value is -0.170. The second-order valence-corrected chi connectivity index (χ2v) is 7.94. The van der Waals surface area contributed by atoms with Crippen LogP contribution in [-0.4, -0.2) is 44.4 Å². The summed E-state index contributed by atoms with van der Waals surface area (Å²) in [6, 6.07) is 0.462. The molecule has 0 aromatic carbocycles. The Kier molecular flexibility index (Phi) is 7.43. The standard InChI is InChI=1S/C14H31N3O2S/c1-5-7-13(4)16-20(18,19)17-9-6-8-14(11-17)10-15-12(2)3/h12-16H,5-11H2,1-4H3. The molecule has 0 amide bonds. The molecule has 20 heavy (non-hydrogen) atoms. The molecule has 0 aromatic rings. The van der Waals surface area contributed by atoms with E-state index in [2.05, 4.69) is 30.8 Å². The molecule has 1 rings (SSSR count). The molecule has 2 atom stereocenters. The van der Waals surface area contributed by atoms with E-state index in [0.29, 0.717) is 25.0 Å². The van der Waals surface area contributed by atoms with Crippen LogP contribution in [0.15, 0.2) is 0 Å². The Morgan fingerprint density at radius 3 is 2.60 bits per heavy atom. The molecule has 0 bridgehead atoms. The number of piperidine rings is 1. The molecule has 1 fully saturated rings. The highest BCUT2D eigenvalue weighted by atomic mass is 32.2. The summed E-state index contributed by atoms with van der Waals surface area (Å²) in [5.74, 6) is 0.421. The minimum atomic E-state index is -3.32. The van der Waals surface area contributed by atoms with Gasteiger partial charge in [-0.2, -0.15) is 17.4 Å². The lowest BCUT2D eigenvalue weighted by atomic mass is 9.99. The summed E-state index contributed by atoms with van der Waals surface area (Å²) >= 11 is 0. The van der Waals surface area contributed by atoms with Gasteiger partial charge >= 0.3 is 0 Å². The van der Waals surface area contributed by atoms with Gasteiger partial charge in [-0.05, 0) is 38.6 Å². The first kappa shape index (κ1) is 17.9. The maximum atomic E-state index is 12.3. The van der Waals surface area contributed by atoms with E-state index in [0.717, 1.165) is 32.2 Å². The number of nitrogens with one attached hydrogen (secondary N) is 2. The predicted octanol–water partition coefficient (Wildman–Crippen LogP) is 1.72.